The Hall–Kier alpha value is -3.63. The van der Waals surface area contributed by atoms with Gasteiger partial charge in [-0.05, 0) is 68.6 Å². The molecule has 0 saturated carbocycles. The third-order valence-corrected chi connectivity index (χ3v) is 9.97. The zero-order chi connectivity index (χ0) is 34.7. The number of benzene rings is 3. The van der Waals surface area contributed by atoms with Crippen molar-refractivity contribution in [1.29, 1.82) is 0 Å². The lowest BCUT2D eigenvalue weighted by Gasteiger charge is -2.15. The number of rotatable bonds is 18. The van der Waals surface area contributed by atoms with E-state index in [0.29, 0.717) is 39.9 Å². The number of nitrogens with two attached hydrogens (primary N) is 1. The lowest BCUT2D eigenvalue weighted by Crippen LogP contribution is -2.12. The van der Waals surface area contributed by atoms with Gasteiger partial charge in [0.2, 0.25) is 10.0 Å². The molecule has 0 saturated heterocycles. The number of primary sulfonamides is 1. The van der Waals surface area contributed by atoms with Crippen LogP contribution in [-0.2, 0) is 16.4 Å². The number of nitrogens with zero attached hydrogens (tertiary/aromatic N) is 3. The Morgan fingerprint density at radius 2 is 1.53 bits per heavy atom. The number of nitro benzene ring substituents is 1. The lowest BCUT2D eigenvalue weighted by atomic mass is 9.91. The minimum absolute atomic E-state index is 0.110. The van der Waals surface area contributed by atoms with Crippen LogP contribution in [-0.4, -0.2) is 18.4 Å². The SMILES string of the molecule is C/C(=C\Cc1c(C)c(/N=N/c2ccc(S(N)(=O)=O)cc2[N+](=O)[O-])c2ccccc2c1O)CCCC(C)CCCC(C)CCCC(C)C. The molecular formula is C37H52N4O5S. The number of hydrogen-bond donors (Lipinski definition) is 2. The quantitative estimate of drug-likeness (QED) is 0.0600. The fourth-order valence-corrected chi connectivity index (χ4v) is 6.59. The van der Waals surface area contributed by atoms with Crippen molar-refractivity contribution in [2.75, 3.05) is 0 Å². The molecule has 0 aliphatic rings. The predicted molar refractivity (Wildman–Crippen MR) is 191 cm³/mol. The van der Waals surface area contributed by atoms with Gasteiger partial charge in [0.15, 0.2) is 5.69 Å². The van der Waals surface area contributed by atoms with Crippen molar-refractivity contribution in [2.45, 2.75) is 111 Å². The normalized spacial score (nSPS) is 13.9. The summed E-state index contributed by atoms with van der Waals surface area (Å²) < 4.78 is 23.5. The summed E-state index contributed by atoms with van der Waals surface area (Å²) in [6, 6.07) is 10.5. The number of phenols is 1. The first-order chi connectivity index (χ1) is 22.2. The number of sulfonamides is 1. The summed E-state index contributed by atoms with van der Waals surface area (Å²) in [7, 11) is -4.13. The Balaban J connectivity index is 1.70. The van der Waals surface area contributed by atoms with Crippen molar-refractivity contribution in [3.05, 3.63) is 75.4 Å². The van der Waals surface area contributed by atoms with Gasteiger partial charge in [0.1, 0.15) is 5.75 Å². The van der Waals surface area contributed by atoms with E-state index in [1.54, 1.807) is 6.07 Å². The van der Waals surface area contributed by atoms with Crippen LogP contribution >= 0.6 is 0 Å². The molecule has 3 rings (SSSR count). The van der Waals surface area contributed by atoms with Crippen LogP contribution in [0.4, 0.5) is 17.1 Å². The van der Waals surface area contributed by atoms with E-state index in [9.17, 15) is 23.6 Å². The second-order valence-corrected chi connectivity index (χ2v) is 15.2. The van der Waals surface area contributed by atoms with Gasteiger partial charge < -0.3 is 5.11 Å². The lowest BCUT2D eigenvalue weighted by molar-refractivity contribution is -0.384. The van der Waals surface area contributed by atoms with E-state index in [2.05, 4.69) is 50.9 Å². The largest absolute Gasteiger partial charge is 0.507 e. The molecule has 0 aliphatic heterocycles. The van der Waals surface area contributed by atoms with E-state index in [-0.39, 0.29) is 16.3 Å². The third-order valence-electron chi connectivity index (χ3n) is 9.06. The van der Waals surface area contributed by atoms with Crippen LogP contribution in [0.1, 0.15) is 104 Å². The molecule has 3 aromatic rings. The van der Waals surface area contributed by atoms with Crippen LogP contribution in [0.2, 0.25) is 0 Å². The molecule has 0 heterocycles. The maximum Gasteiger partial charge on any atom is 0.298 e. The molecule has 256 valence electrons. The average Bonchev–Trinajstić information content (AvgIpc) is 3.00. The van der Waals surface area contributed by atoms with Gasteiger partial charge in [0, 0.05) is 22.4 Å². The highest BCUT2D eigenvalue weighted by molar-refractivity contribution is 7.89. The van der Waals surface area contributed by atoms with E-state index in [4.69, 9.17) is 5.14 Å². The molecule has 2 unspecified atom stereocenters. The van der Waals surface area contributed by atoms with Gasteiger partial charge in [-0.2, -0.15) is 0 Å². The predicted octanol–water partition coefficient (Wildman–Crippen LogP) is 10.8. The molecule has 3 N–H and O–H groups in total. The molecule has 47 heavy (non-hydrogen) atoms. The Kier molecular flexibility index (Phi) is 14.1. The highest BCUT2D eigenvalue weighted by Crippen LogP contribution is 2.42. The van der Waals surface area contributed by atoms with Crippen LogP contribution in [0.3, 0.4) is 0 Å². The van der Waals surface area contributed by atoms with E-state index in [1.165, 1.54) is 56.6 Å². The van der Waals surface area contributed by atoms with E-state index < -0.39 is 20.6 Å². The summed E-state index contributed by atoms with van der Waals surface area (Å²) in [4.78, 5) is 10.6. The second-order valence-electron chi connectivity index (χ2n) is 13.6. The molecular weight excluding hydrogens is 612 g/mol. The average molecular weight is 665 g/mol. The van der Waals surface area contributed by atoms with Crippen LogP contribution in [0.25, 0.3) is 10.8 Å². The summed E-state index contributed by atoms with van der Waals surface area (Å²) >= 11 is 0. The summed E-state index contributed by atoms with van der Waals surface area (Å²) in [5.41, 5.74) is 2.53. The first-order valence-electron chi connectivity index (χ1n) is 16.8. The van der Waals surface area contributed by atoms with Crippen molar-refractivity contribution >= 4 is 37.9 Å². The molecule has 0 aromatic heterocycles. The topological polar surface area (TPSA) is 148 Å². The molecule has 0 spiro atoms. The van der Waals surface area contributed by atoms with Gasteiger partial charge >= 0.3 is 0 Å². The van der Waals surface area contributed by atoms with E-state index in [1.807, 2.05) is 25.1 Å². The van der Waals surface area contributed by atoms with Crippen molar-refractivity contribution in [3.63, 3.8) is 0 Å². The van der Waals surface area contributed by atoms with Crippen molar-refractivity contribution in [3.8, 4) is 5.75 Å². The smallest absolute Gasteiger partial charge is 0.298 e. The van der Waals surface area contributed by atoms with Crippen molar-refractivity contribution < 1.29 is 18.4 Å². The summed E-state index contributed by atoms with van der Waals surface area (Å²) in [6.07, 6.45) is 13.9. The first-order valence-corrected chi connectivity index (χ1v) is 18.3. The molecule has 0 bridgehead atoms. The molecule has 0 aliphatic carbocycles. The molecule has 10 heteroatoms. The van der Waals surface area contributed by atoms with Crippen molar-refractivity contribution in [2.24, 2.45) is 33.1 Å². The fourth-order valence-electron chi connectivity index (χ4n) is 6.06. The van der Waals surface area contributed by atoms with E-state index in [0.717, 1.165) is 36.8 Å². The Morgan fingerprint density at radius 1 is 0.936 bits per heavy atom. The van der Waals surface area contributed by atoms with Gasteiger partial charge in [-0.25, -0.2) is 13.6 Å². The zero-order valence-electron chi connectivity index (χ0n) is 28.8. The maximum absolute atomic E-state index is 11.7. The second kappa shape index (κ2) is 17.5. The van der Waals surface area contributed by atoms with E-state index >= 15 is 0 Å². The first kappa shape index (κ1) is 37.8. The molecule has 2 atom stereocenters. The zero-order valence-corrected chi connectivity index (χ0v) is 29.6. The summed E-state index contributed by atoms with van der Waals surface area (Å²) in [5, 5.41) is 37.9. The van der Waals surface area contributed by atoms with Gasteiger partial charge in [-0.3, -0.25) is 10.1 Å². The molecule has 0 radical (unpaired) electrons. The standard InChI is InChI=1S/C37H52N4O5S/c1-25(2)12-9-13-26(3)14-10-15-27(4)16-11-17-28(5)20-22-31-29(6)36(32-18-7-8-19-33(32)37(31)42)40-39-34-23-21-30(47(38,45)46)24-35(34)41(43)44/h7-8,18-21,23-27,42H,9-17,22H2,1-6H3,(H2,38,45,46)/b28-20+,40-39+. The number of allylic oxidation sites excluding steroid dienone is 2. The van der Waals surface area contributed by atoms with Crippen LogP contribution in [0.15, 0.2) is 69.2 Å². The Bertz CT molecular complexity index is 1700. The molecule has 0 fully saturated rings. The van der Waals surface area contributed by atoms with Gasteiger partial charge in [0.05, 0.1) is 15.5 Å². The third kappa shape index (κ3) is 11.2. The number of fused-ring (bicyclic) bond motifs is 1. The number of phenolic OH excluding ortho intramolecular Hbond substituents is 1. The highest BCUT2D eigenvalue weighted by atomic mass is 32.2. The number of hydrogen-bond acceptors (Lipinski definition) is 7. The number of nitro groups is 1. The van der Waals surface area contributed by atoms with Crippen LogP contribution in [0, 0.1) is 34.8 Å². The molecule has 3 aromatic carbocycles. The van der Waals surface area contributed by atoms with Crippen molar-refractivity contribution in [1.82, 2.24) is 0 Å². The highest BCUT2D eigenvalue weighted by Gasteiger charge is 2.20. The maximum atomic E-state index is 11.7. The van der Waals surface area contributed by atoms with Crippen LogP contribution < -0.4 is 5.14 Å². The van der Waals surface area contributed by atoms with Gasteiger partial charge in [0.25, 0.3) is 5.69 Å². The molecule has 0 amide bonds. The van der Waals surface area contributed by atoms with Crippen LogP contribution in [0.5, 0.6) is 5.75 Å². The minimum Gasteiger partial charge on any atom is -0.507 e. The monoisotopic (exact) mass is 664 g/mol. The minimum atomic E-state index is -4.13. The number of aromatic hydroxyl groups is 1. The summed E-state index contributed by atoms with van der Waals surface area (Å²) in [6.45, 7) is 13.3. The fraction of sp³-hybridized carbons (Fsp3) is 0.514. The Morgan fingerprint density at radius 3 is 2.13 bits per heavy atom. The molecule has 9 nitrogen and oxygen atoms in total. The van der Waals surface area contributed by atoms with Gasteiger partial charge in [-0.1, -0.05) is 109 Å². The summed E-state index contributed by atoms with van der Waals surface area (Å²) in [5.74, 6) is 2.49. The number of azo groups is 1. The Labute approximate surface area is 280 Å². The van der Waals surface area contributed by atoms with Gasteiger partial charge in [-0.15, -0.1) is 10.2 Å².